The van der Waals surface area contributed by atoms with Crippen LogP contribution in [0.25, 0.3) is 0 Å². The summed E-state index contributed by atoms with van der Waals surface area (Å²) < 4.78 is 0. The quantitative estimate of drug-likeness (QED) is 0.0568. The zero-order valence-electron chi connectivity index (χ0n) is 18.7. The minimum atomic E-state index is -1.65. The van der Waals surface area contributed by atoms with Crippen LogP contribution in [0.4, 0.5) is 0 Å². The van der Waals surface area contributed by atoms with Crippen LogP contribution in [-0.4, -0.2) is 82.5 Å². The molecule has 0 fully saturated rings. The third kappa shape index (κ3) is 12.8. The molecule has 0 rings (SSSR count). The zero-order chi connectivity index (χ0) is 26.4. The highest BCUT2D eigenvalue weighted by atomic mass is 16.4. The molecule has 16 nitrogen and oxygen atoms in total. The Labute approximate surface area is 194 Å². The monoisotopic (exact) mass is 488 g/mol. The summed E-state index contributed by atoms with van der Waals surface area (Å²) in [6.07, 6.45) is -1.36. The van der Waals surface area contributed by atoms with Gasteiger partial charge in [-0.3, -0.25) is 29.0 Å². The molecule has 0 aromatic carbocycles. The van der Waals surface area contributed by atoms with Crippen LogP contribution in [0.1, 0.15) is 39.0 Å². The van der Waals surface area contributed by atoms with E-state index >= 15 is 0 Å². The molecular weight excluding hydrogens is 456 g/mol. The van der Waals surface area contributed by atoms with Crippen LogP contribution in [0.3, 0.4) is 0 Å². The summed E-state index contributed by atoms with van der Waals surface area (Å²) in [4.78, 5) is 74.5. The number of nitrogens with two attached hydrogens (primary N) is 4. The van der Waals surface area contributed by atoms with Crippen LogP contribution in [0.2, 0.25) is 0 Å². The van der Waals surface area contributed by atoms with Gasteiger partial charge in [-0.1, -0.05) is 0 Å². The highest BCUT2D eigenvalue weighted by Gasteiger charge is 2.30. The molecule has 0 aliphatic rings. The molecule has 0 bridgehead atoms. The number of hydrogen-bond acceptors (Lipinski definition) is 8. The van der Waals surface area contributed by atoms with Crippen molar-refractivity contribution in [1.29, 1.82) is 0 Å². The average molecular weight is 489 g/mol. The number of nitrogens with one attached hydrogen (secondary N) is 3. The highest BCUT2D eigenvalue weighted by molar-refractivity contribution is 5.95. The number of guanidine groups is 1. The maximum Gasteiger partial charge on any atom is 0.326 e. The smallest absolute Gasteiger partial charge is 0.326 e. The molecule has 0 spiro atoms. The van der Waals surface area contributed by atoms with E-state index in [1.807, 2.05) is 0 Å². The summed E-state index contributed by atoms with van der Waals surface area (Å²) in [5.41, 5.74) is 20.9. The molecule has 0 saturated heterocycles. The number of carbonyl (C=O) groups is 6. The van der Waals surface area contributed by atoms with E-state index in [-0.39, 0.29) is 31.8 Å². The van der Waals surface area contributed by atoms with Crippen molar-refractivity contribution in [2.75, 3.05) is 6.54 Å². The molecule has 34 heavy (non-hydrogen) atoms. The van der Waals surface area contributed by atoms with E-state index in [0.29, 0.717) is 0 Å². The van der Waals surface area contributed by atoms with Gasteiger partial charge in [0.15, 0.2) is 5.96 Å². The Morgan fingerprint density at radius 2 is 1.32 bits per heavy atom. The van der Waals surface area contributed by atoms with E-state index in [1.54, 1.807) is 0 Å². The Morgan fingerprint density at radius 1 is 0.824 bits per heavy atom. The number of rotatable bonds is 16. The molecule has 0 aromatic rings. The summed E-state index contributed by atoms with van der Waals surface area (Å²) in [6, 6.07) is -5.33. The van der Waals surface area contributed by atoms with Crippen LogP contribution in [0.15, 0.2) is 4.99 Å². The van der Waals surface area contributed by atoms with Gasteiger partial charge in [0.05, 0.1) is 12.5 Å². The van der Waals surface area contributed by atoms with E-state index in [1.165, 1.54) is 6.92 Å². The minimum absolute atomic E-state index is 0.0653. The maximum atomic E-state index is 12.8. The van der Waals surface area contributed by atoms with Crippen molar-refractivity contribution >= 4 is 41.5 Å². The highest BCUT2D eigenvalue weighted by Crippen LogP contribution is 2.05. The molecule has 0 aromatic heterocycles. The van der Waals surface area contributed by atoms with Gasteiger partial charge < -0.3 is 49.1 Å². The lowest BCUT2D eigenvalue weighted by Crippen LogP contribution is -2.57. The first-order valence-electron chi connectivity index (χ1n) is 10.2. The van der Waals surface area contributed by atoms with Crippen molar-refractivity contribution in [3.63, 3.8) is 0 Å². The van der Waals surface area contributed by atoms with Crippen LogP contribution < -0.4 is 38.9 Å². The number of carbonyl (C=O) groups excluding carboxylic acids is 4. The summed E-state index contributed by atoms with van der Waals surface area (Å²) in [5, 5.41) is 24.9. The summed E-state index contributed by atoms with van der Waals surface area (Å²) in [6.45, 7) is 1.43. The van der Waals surface area contributed by atoms with Crippen molar-refractivity contribution in [3.05, 3.63) is 0 Å². The van der Waals surface area contributed by atoms with Gasteiger partial charge in [0.2, 0.25) is 23.6 Å². The van der Waals surface area contributed by atoms with Crippen LogP contribution in [0.5, 0.6) is 0 Å². The molecule has 0 aliphatic heterocycles. The Morgan fingerprint density at radius 3 is 1.76 bits per heavy atom. The molecule has 4 amide bonds. The predicted molar refractivity (Wildman–Crippen MR) is 118 cm³/mol. The average Bonchev–Trinajstić information content (AvgIpc) is 2.71. The van der Waals surface area contributed by atoms with Gasteiger partial charge >= 0.3 is 11.9 Å². The number of aliphatic carboxylic acids is 2. The normalized spacial score (nSPS) is 13.9. The van der Waals surface area contributed by atoms with E-state index in [0.717, 1.165) is 0 Å². The fraction of sp³-hybridized carbons (Fsp3) is 0.611. The number of carboxylic acids is 2. The minimum Gasteiger partial charge on any atom is -0.481 e. The number of aliphatic imine (C=N–C) groups is 1. The second-order valence-electron chi connectivity index (χ2n) is 7.36. The standard InChI is InChI=1S/C18H32N8O8/c1-8(19)14(30)24-10(4-5-13(28)29)16(32)25-9(3-2-6-23-18(21)22)15(31)26-11(17(33)34)7-12(20)27/h8-11H,2-7,19H2,1H3,(H2,20,27)(H,24,30)(H,25,32)(H,26,31)(H,28,29)(H,33,34)(H4,21,22,23). The molecule has 4 atom stereocenters. The lowest BCUT2D eigenvalue weighted by molar-refractivity contribution is -0.143. The number of nitrogens with zero attached hydrogens (tertiary/aromatic N) is 1. The Kier molecular flexibility index (Phi) is 13.2. The number of amides is 4. The zero-order valence-corrected chi connectivity index (χ0v) is 18.7. The summed E-state index contributed by atoms with van der Waals surface area (Å²) in [7, 11) is 0. The summed E-state index contributed by atoms with van der Waals surface area (Å²) in [5.74, 6) is -6.53. The van der Waals surface area contributed by atoms with Crippen molar-refractivity contribution in [1.82, 2.24) is 16.0 Å². The number of primary amides is 1. The Bertz CT molecular complexity index is 797. The fourth-order valence-corrected chi connectivity index (χ4v) is 2.56. The van der Waals surface area contributed by atoms with Crippen LogP contribution in [0, 0.1) is 0 Å². The third-order valence-electron chi connectivity index (χ3n) is 4.29. The van der Waals surface area contributed by atoms with Crippen LogP contribution >= 0.6 is 0 Å². The lowest BCUT2D eigenvalue weighted by Gasteiger charge is -2.24. The lowest BCUT2D eigenvalue weighted by atomic mass is 10.1. The molecule has 0 aliphatic carbocycles. The first-order chi connectivity index (χ1) is 15.7. The Hall–Kier alpha value is -3.95. The SMILES string of the molecule is CC(N)C(=O)NC(CCC(=O)O)C(=O)NC(CCCN=C(N)N)C(=O)NC(CC(N)=O)C(=O)O. The van der Waals surface area contributed by atoms with Crippen molar-refractivity contribution in [2.45, 2.75) is 63.2 Å². The van der Waals surface area contributed by atoms with Gasteiger partial charge in [0, 0.05) is 13.0 Å². The molecular formula is C18H32N8O8. The van der Waals surface area contributed by atoms with Gasteiger partial charge in [-0.2, -0.15) is 0 Å². The predicted octanol–water partition coefficient (Wildman–Crippen LogP) is -4.33. The van der Waals surface area contributed by atoms with Crippen molar-refractivity contribution in [3.8, 4) is 0 Å². The van der Waals surface area contributed by atoms with E-state index < -0.39 is 72.6 Å². The molecule has 0 saturated carbocycles. The second kappa shape index (κ2) is 15.0. The van der Waals surface area contributed by atoms with E-state index in [4.69, 9.17) is 28.0 Å². The van der Waals surface area contributed by atoms with Gasteiger partial charge in [0.25, 0.3) is 0 Å². The van der Waals surface area contributed by atoms with Crippen LogP contribution in [-0.2, 0) is 28.8 Å². The first kappa shape index (κ1) is 30.1. The second-order valence-corrected chi connectivity index (χ2v) is 7.36. The van der Waals surface area contributed by atoms with Gasteiger partial charge in [0.1, 0.15) is 18.1 Å². The molecule has 16 heteroatoms. The van der Waals surface area contributed by atoms with Crippen molar-refractivity contribution in [2.24, 2.45) is 27.9 Å². The Balaban J connectivity index is 5.61. The summed E-state index contributed by atoms with van der Waals surface area (Å²) >= 11 is 0. The molecule has 0 radical (unpaired) electrons. The van der Waals surface area contributed by atoms with E-state index in [2.05, 4.69) is 20.9 Å². The number of carboxylic acid groups (broad SMARTS) is 2. The first-order valence-corrected chi connectivity index (χ1v) is 10.2. The van der Waals surface area contributed by atoms with E-state index in [9.17, 15) is 33.9 Å². The van der Waals surface area contributed by atoms with Gasteiger partial charge in [-0.25, -0.2) is 4.79 Å². The maximum absolute atomic E-state index is 12.8. The largest absolute Gasteiger partial charge is 0.481 e. The van der Waals surface area contributed by atoms with Gasteiger partial charge in [-0.05, 0) is 26.2 Å². The molecule has 13 N–H and O–H groups in total. The molecule has 192 valence electrons. The number of hydrogen-bond donors (Lipinski definition) is 9. The van der Waals surface area contributed by atoms with Gasteiger partial charge in [-0.15, -0.1) is 0 Å². The molecule has 4 unspecified atom stereocenters. The fourth-order valence-electron chi connectivity index (χ4n) is 2.56. The van der Waals surface area contributed by atoms with Crippen molar-refractivity contribution < 1.29 is 39.0 Å². The third-order valence-corrected chi connectivity index (χ3v) is 4.29. The topological polar surface area (TPSA) is 295 Å². The molecule has 0 heterocycles.